The molecule has 0 bridgehead atoms. The smallest absolute Gasteiger partial charge is 0.255 e. The second-order valence-corrected chi connectivity index (χ2v) is 10.9. The van der Waals surface area contributed by atoms with Crippen molar-refractivity contribution in [2.75, 3.05) is 23.8 Å². The molecule has 4 aromatic rings. The maximum Gasteiger partial charge on any atom is 0.255 e. The monoisotopic (exact) mass is 608 g/mol. The SMILES string of the molecule is CCCCCCOc1ccc(C(=O)Nc2ccc(Oc3ccc(NC(=O)c4ccc(OCCCCCC)cc4)cc3)cc2)cc1. The number of hydrogen-bond donors (Lipinski definition) is 2. The second kappa shape index (κ2) is 18.1. The molecule has 0 spiro atoms. The fourth-order valence-electron chi connectivity index (χ4n) is 4.60. The third-order valence-electron chi connectivity index (χ3n) is 7.23. The summed E-state index contributed by atoms with van der Waals surface area (Å²) in [6.07, 6.45) is 9.23. The topological polar surface area (TPSA) is 85.9 Å². The molecule has 236 valence electrons. The second-order valence-electron chi connectivity index (χ2n) is 10.9. The zero-order chi connectivity index (χ0) is 31.7. The predicted molar refractivity (Wildman–Crippen MR) is 181 cm³/mol. The number of anilines is 2. The lowest BCUT2D eigenvalue weighted by Gasteiger charge is -2.10. The number of carbonyl (C=O) groups excluding carboxylic acids is 2. The minimum Gasteiger partial charge on any atom is -0.494 e. The van der Waals surface area contributed by atoms with Crippen molar-refractivity contribution in [2.45, 2.75) is 65.2 Å². The fourth-order valence-corrected chi connectivity index (χ4v) is 4.60. The predicted octanol–water partition coefficient (Wildman–Crippen LogP) is 9.90. The van der Waals surface area contributed by atoms with E-state index >= 15 is 0 Å². The Balaban J connectivity index is 1.20. The van der Waals surface area contributed by atoms with Crippen molar-refractivity contribution in [1.29, 1.82) is 0 Å². The molecule has 0 aromatic heterocycles. The van der Waals surface area contributed by atoms with Crippen molar-refractivity contribution in [1.82, 2.24) is 0 Å². The van der Waals surface area contributed by atoms with Gasteiger partial charge in [0, 0.05) is 22.5 Å². The molecule has 0 aliphatic carbocycles. The average molecular weight is 609 g/mol. The Morgan fingerprint density at radius 2 is 0.822 bits per heavy atom. The molecule has 0 fully saturated rings. The van der Waals surface area contributed by atoms with Crippen molar-refractivity contribution >= 4 is 23.2 Å². The highest BCUT2D eigenvalue weighted by Gasteiger charge is 2.09. The molecule has 45 heavy (non-hydrogen) atoms. The van der Waals surface area contributed by atoms with Crippen LogP contribution in [0.15, 0.2) is 97.1 Å². The molecule has 7 heteroatoms. The Morgan fingerprint density at radius 3 is 1.18 bits per heavy atom. The number of ether oxygens (including phenoxy) is 3. The zero-order valence-electron chi connectivity index (χ0n) is 26.3. The molecule has 0 aliphatic heterocycles. The summed E-state index contributed by atoms with van der Waals surface area (Å²) < 4.78 is 17.5. The van der Waals surface area contributed by atoms with E-state index in [2.05, 4.69) is 24.5 Å². The van der Waals surface area contributed by atoms with Crippen molar-refractivity contribution in [2.24, 2.45) is 0 Å². The summed E-state index contributed by atoms with van der Waals surface area (Å²) in [5.74, 6) is 2.39. The Bertz CT molecular complexity index is 1340. The number of benzene rings is 4. The number of hydrogen-bond acceptors (Lipinski definition) is 5. The first-order valence-electron chi connectivity index (χ1n) is 16.0. The molecule has 2 N–H and O–H groups in total. The van der Waals surface area contributed by atoms with Gasteiger partial charge in [0.2, 0.25) is 0 Å². The summed E-state index contributed by atoms with van der Waals surface area (Å²) in [7, 11) is 0. The standard InChI is InChI=1S/C38H44N2O5/c1-3-5-7-9-27-43-33-19-11-29(12-20-33)37(41)39-31-15-23-35(24-16-31)45-36-25-17-32(18-26-36)40-38(42)30-13-21-34(22-14-30)44-28-10-8-6-4-2/h11-26H,3-10,27-28H2,1-2H3,(H,39,41)(H,40,42). The van der Waals surface area contributed by atoms with E-state index < -0.39 is 0 Å². The van der Waals surface area contributed by atoms with E-state index in [1.54, 1.807) is 72.8 Å². The normalized spacial score (nSPS) is 10.6. The van der Waals surface area contributed by atoms with Gasteiger partial charge in [-0.2, -0.15) is 0 Å². The maximum atomic E-state index is 12.7. The van der Waals surface area contributed by atoms with Gasteiger partial charge in [-0.3, -0.25) is 9.59 Å². The zero-order valence-corrected chi connectivity index (χ0v) is 26.3. The van der Waals surface area contributed by atoms with Crippen LogP contribution < -0.4 is 24.8 Å². The van der Waals surface area contributed by atoms with Crippen LogP contribution in [0.4, 0.5) is 11.4 Å². The van der Waals surface area contributed by atoms with E-state index in [1.807, 2.05) is 24.3 Å². The molecule has 2 amide bonds. The van der Waals surface area contributed by atoms with Gasteiger partial charge in [-0.05, 0) is 110 Å². The van der Waals surface area contributed by atoms with Crippen molar-refractivity contribution in [3.05, 3.63) is 108 Å². The fraction of sp³-hybridized carbons (Fsp3) is 0.316. The third kappa shape index (κ3) is 11.3. The summed E-state index contributed by atoms with van der Waals surface area (Å²) in [5, 5.41) is 5.82. The molecule has 4 rings (SSSR count). The summed E-state index contributed by atoms with van der Waals surface area (Å²) in [4.78, 5) is 25.4. The summed E-state index contributed by atoms with van der Waals surface area (Å²) in [5.41, 5.74) is 2.43. The van der Waals surface area contributed by atoms with Gasteiger partial charge in [-0.25, -0.2) is 0 Å². The van der Waals surface area contributed by atoms with Gasteiger partial charge < -0.3 is 24.8 Å². The highest BCUT2D eigenvalue weighted by atomic mass is 16.5. The lowest BCUT2D eigenvalue weighted by Crippen LogP contribution is -2.11. The number of carbonyl (C=O) groups is 2. The maximum absolute atomic E-state index is 12.7. The summed E-state index contributed by atoms with van der Waals surface area (Å²) >= 11 is 0. The van der Waals surface area contributed by atoms with E-state index in [-0.39, 0.29) is 11.8 Å². The molecule has 7 nitrogen and oxygen atoms in total. The third-order valence-corrected chi connectivity index (χ3v) is 7.23. The van der Waals surface area contributed by atoms with Gasteiger partial charge in [0.05, 0.1) is 13.2 Å². The van der Waals surface area contributed by atoms with E-state index in [0.717, 1.165) is 24.3 Å². The largest absolute Gasteiger partial charge is 0.494 e. The average Bonchev–Trinajstić information content (AvgIpc) is 3.07. The summed E-state index contributed by atoms with van der Waals surface area (Å²) in [6, 6.07) is 28.7. The molecule has 0 saturated carbocycles. The van der Waals surface area contributed by atoms with Gasteiger partial charge in [0.25, 0.3) is 11.8 Å². The van der Waals surface area contributed by atoms with E-state index in [4.69, 9.17) is 14.2 Å². The molecule has 0 atom stereocenters. The van der Waals surface area contributed by atoms with Crippen LogP contribution in [0.2, 0.25) is 0 Å². The minimum absolute atomic E-state index is 0.196. The molecule has 0 heterocycles. The Morgan fingerprint density at radius 1 is 0.467 bits per heavy atom. The van der Waals surface area contributed by atoms with Gasteiger partial charge in [-0.1, -0.05) is 52.4 Å². The number of unbranched alkanes of at least 4 members (excludes halogenated alkanes) is 6. The molecule has 0 unspecified atom stereocenters. The highest BCUT2D eigenvalue weighted by Crippen LogP contribution is 2.25. The van der Waals surface area contributed by atoms with Crippen LogP contribution in [0.3, 0.4) is 0 Å². The van der Waals surface area contributed by atoms with Crippen LogP contribution in [-0.2, 0) is 0 Å². The lowest BCUT2D eigenvalue weighted by molar-refractivity contribution is 0.101. The van der Waals surface area contributed by atoms with E-state index in [9.17, 15) is 9.59 Å². The van der Waals surface area contributed by atoms with Crippen LogP contribution in [0, 0.1) is 0 Å². The molecular formula is C38H44N2O5. The number of nitrogens with one attached hydrogen (secondary N) is 2. The van der Waals surface area contributed by atoms with Gasteiger partial charge in [-0.15, -0.1) is 0 Å². The molecule has 0 aliphatic rings. The number of rotatable bonds is 18. The van der Waals surface area contributed by atoms with Crippen LogP contribution in [0.25, 0.3) is 0 Å². The first kappa shape index (κ1) is 33.1. The van der Waals surface area contributed by atoms with Crippen molar-refractivity contribution in [3.63, 3.8) is 0 Å². The Kier molecular flexibility index (Phi) is 13.3. The first-order valence-corrected chi connectivity index (χ1v) is 16.0. The van der Waals surface area contributed by atoms with Crippen LogP contribution in [0.1, 0.15) is 85.9 Å². The van der Waals surface area contributed by atoms with Crippen molar-refractivity contribution in [3.8, 4) is 23.0 Å². The van der Waals surface area contributed by atoms with Crippen molar-refractivity contribution < 1.29 is 23.8 Å². The highest BCUT2D eigenvalue weighted by molar-refractivity contribution is 6.05. The van der Waals surface area contributed by atoms with Gasteiger partial charge >= 0.3 is 0 Å². The minimum atomic E-state index is -0.196. The quantitative estimate of drug-likeness (QED) is 0.110. The van der Waals surface area contributed by atoms with Crippen LogP contribution in [-0.4, -0.2) is 25.0 Å². The molecular weight excluding hydrogens is 564 g/mol. The van der Waals surface area contributed by atoms with Crippen LogP contribution in [0.5, 0.6) is 23.0 Å². The molecule has 0 saturated heterocycles. The van der Waals surface area contributed by atoms with Crippen LogP contribution >= 0.6 is 0 Å². The first-order chi connectivity index (χ1) is 22.0. The molecule has 4 aromatic carbocycles. The molecule has 0 radical (unpaired) electrons. The lowest BCUT2D eigenvalue weighted by atomic mass is 10.2. The number of amides is 2. The van der Waals surface area contributed by atoms with Gasteiger partial charge in [0.15, 0.2) is 0 Å². The van der Waals surface area contributed by atoms with E-state index in [1.165, 1.54) is 38.5 Å². The summed E-state index contributed by atoms with van der Waals surface area (Å²) in [6.45, 7) is 5.74. The van der Waals surface area contributed by atoms with E-state index in [0.29, 0.717) is 47.2 Å². The van der Waals surface area contributed by atoms with Gasteiger partial charge in [0.1, 0.15) is 23.0 Å². The Labute approximate surface area is 266 Å². The Hall–Kier alpha value is -4.78.